The van der Waals surface area contributed by atoms with Gasteiger partial charge < -0.3 is 4.90 Å². The van der Waals surface area contributed by atoms with Crippen LogP contribution in [0.15, 0.2) is 48.7 Å². The minimum absolute atomic E-state index is 0.132. The fourth-order valence-corrected chi connectivity index (χ4v) is 2.13. The second-order valence-electron chi connectivity index (χ2n) is 4.45. The van der Waals surface area contributed by atoms with E-state index in [0.29, 0.717) is 10.8 Å². The largest absolute Gasteiger partial charge is 0.323 e. The number of carbonyl (C=O) groups excluding carboxylic acids is 1. The Hall–Kier alpha value is -2.07. The number of hydrogen-bond acceptors (Lipinski definition) is 2. The fourth-order valence-electron chi connectivity index (χ4n) is 1.83. The van der Waals surface area contributed by atoms with Crippen LogP contribution in [0.25, 0.3) is 0 Å². The maximum Gasteiger partial charge on any atom is 0.323 e. The molecule has 0 aliphatic rings. The molecule has 0 bridgehead atoms. The van der Waals surface area contributed by atoms with Crippen molar-refractivity contribution in [2.45, 2.75) is 13.0 Å². The Morgan fingerprint density at radius 2 is 1.95 bits per heavy atom. The molecule has 0 aliphatic heterocycles. The van der Waals surface area contributed by atoms with Gasteiger partial charge in [0.15, 0.2) is 0 Å². The lowest BCUT2D eigenvalue weighted by molar-refractivity contribution is 0.208. The van der Waals surface area contributed by atoms with E-state index in [4.69, 9.17) is 11.6 Å². The lowest BCUT2D eigenvalue weighted by Gasteiger charge is -2.26. The van der Waals surface area contributed by atoms with Gasteiger partial charge in [-0.1, -0.05) is 35.9 Å². The van der Waals surface area contributed by atoms with Gasteiger partial charge in [0.25, 0.3) is 0 Å². The van der Waals surface area contributed by atoms with Gasteiger partial charge in [-0.2, -0.15) is 0 Å². The molecule has 5 heteroatoms. The summed E-state index contributed by atoms with van der Waals surface area (Å²) in [7, 11) is 1.73. The van der Waals surface area contributed by atoms with Crippen molar-refractivity contribution in [2.75, 3.05) is 12.4 Å². The van der Waals surface area contributed by atoms with E-state index in [1.165, 1.54) is 0 Å². The zero-order chi connectivity index (χ0) is 14.5. The van der Waals surface area contributed by atoms with E-state index in [1.807, 2.05) is 37.3 Å². The van der Waals surface area contributed by atoms with E-state index in [2.05, 4.69) is 10.3 Å². The molecule has 1 heterocycles. The Kier molecular flexibility index (Phi) is 4.58. The van der Waals surface area contributed by atoms with Crippen molar-refractivity contribution < 1.29 is 4.79 Å². The van der Waals surface area contributed by atoms with E-state index >= 15 is 0 Å². The van der Waals surface area contributed by atoms with Gasteiger partial charge in [0, 0.05) is 18.3 Å². The first kappa shape index (κ1) is 14.3. The van der Waals surface area contributed by atoms with Gasteiger partial charge in [-0.25, -0.2) is 9.78 Å². The fraction of sp³-hybridized carbons (Fsp3) is 0.200. The third-order valence-electron chi connectivity index (χ3n) is 3.16. The molecule has 2 rings (SSSR count). The lowest BCUT2D eigenvalue weighted by Crippen LogP contribution is -2.33. The molecule has 1 aromatic heterocycles. The van der Waals surface area contributed by atoms with Crippen LogP contribution in [0.4, 0.5) is 10.6 Å². The van der Waals surface area contributed by atoms with Crippen LogP contribution in [-0.4, -0.2) is 23.0 Å². The van der Waals surface area contributed by atoms with Crippen molar-refractivity contribution in [2.24, 2.45) is 0 Å². The topological polar surface area (TPSA) is 45.2 Å². The van der Waals surface area contributed by atoms with Crippen LogP contribution in [-0.2, 0) is 0 Å². The van der Waals surface area contributed by atoms with E-state index in [-0.39, 0.29) is 12.1 Å². The molecule has 2 amide bonds. The van der Waals surface area contributed by atoms with Crippen LogP contribution < -0.4 is 5.32 Å². The lowest BCUT2D eigenvalue weighted by atomic mass is 10.1. The van der Waals surface area contributed by atoms with Crippen LogP contribution >= 0.6 is 11.6 Å². The molecule has 0 aliphatic carbocycles. The van der Waals surface area contributed by atoms with Crippen molar-refractivity contribution in [3.63, 3.8) is 0 Å². The van der Waals surface area contributed by atoms with Crippen molar-refractivity contribution in [3.05, 3.63) is 59.2 Å². The summed E-state index contributed by atoms with van der Waals surface area (Å²) in [4.78, 5) is 17.8. The minimum atomic E-state index is -0.226. The number of benzene rings is 1. The maximum absolute atomic E-state index is 12.2. The summed E-state index contributed by atoms with van der Waals surface area (Å²) in [5.74, 6) is 0.524. The summed E-state index contributed by atoms with van der Waals surface area (Å²) >= 11 is 6.16. The highest BCUT2D eigenvalue weighted by atomic mass is 35.5. The van der Waals surface area contributed by atoms with Crippen LogP contribution in [0.2, 0.25) is 5.02 Å². The zero-order valence-corrected chi connectivity index (χ0v) is 12.1. The summed E-state index contributed by atoms with van der Waals surface area (Å²) in [5, 5.41) is 3.40. The van der Waals surface area contributed by atoms with Crippen molar-refractivity contribution in [1.29, 1.82) is 0 Å². The zero-order valence-electron chi connectivity index (χ0n) is 11.4. The predicted molar refractivity (Wildman–Crippen MR) is 80.9 cm³/mol. The van der Waals surface area contributed by atoms with Gasteiger partial charge >= 0.3 is 6.03 Å². The summed E-state index contributed by atoms with van der Waals surface area (Å²) in [6.45, 7) is 1.93. The molecule has 0 spiro atoms. The molecule has 0 saturated carbocycles. The van der Waals surface area contributed by atoms with Crippen molar-refractivity contribution in [1.82, 2.24) is 9.88 Å². The molecule has 0 radical (unpaired) electrons. The molecule has 1 aromatic carbocycles. The van der Waals surface area contributed by atoms with Gasteiger partial charge in [-0.15, -0.1) is 0 Å². The van der Waals surface area contributed by atoms with E-state index in [9.17, 15) is 4.79 Å². The predicted octanol–water partition coefficient (Wildman–Crippen LogP) is 3.96. The van der Waals surface area contributed by atoms with Crippen molar-refractivity contribution in [3.8, 4) is 0 Å². The Morgan fingerprint density at radius 3 is 2.60 bits per heavy atom. The van der Waals surface area contributed by atoms with Crippen LogP contribution in [0.1, 0.15) is 18.5 Å². The number of anilines is 1. The highest BCUT2D eigenvalue weighted by molar-refractivity contribution is 6.31. The smallest absolute Gasteiger partial charge is 0.321 e. The van der Waals surface area contributed by atoms with Gasteiger partial charge in [0.05, 0.1) is 6.04 Å². The number of hydrogen-bond donors (Lipinski definition) is 1. The normalized spacial score (nSPS) is 11.8. The van der Waals surface area contributed by atoms with Gasteiger partial charge in [0.1, 0.15) is 5.82 Å². The van der Waals surface area contributed by atoms with E-state index in [0.717, 1.165) is 5.56 Å². The molecule has 1 unspecified atom stereocenters. The van der Waals surface area contributed by atoms with E-state index in [1.54, 1.807) is 30.3 Å². The monoisotopic (exact) mass is 289 g/mol. The third kappa shape index (κ3) is 3.27. The molecule has 104 valence electrons. The number of amides is 2. The first-order chi connectivity index (χ1) is 9.59. The van der Waals surface area contributed by atoms with Crippen LogP contribution in [0.3, 0.4) is 0 Å². The van der Waals surface area contributed by atoms with Crippen LogP contribution in [0.5, 0.6) is 0 Å². The summed E-state index contributed by atoms with van der Waals surface area (Å²) in [5.41, 5.74) is 0.910. The van der Waals surface area contributed by atoms with E-state index < -0.39 is 0 Å². The molecule has 0 saturated heterocycles. The highest BCUT2D eigenvalue weighted by Crippen LogP contribution is 2.26. The van der Waals surface area contributed by atoms with Gasteiger partial charge in [-0.05, 0) is 30.7 Å². The number of carbonyl (C=O) groups is 1. The second-order valence-corrected chi connectivity index (χ2v) is 4.86. The summed E-state index contributed by atoms with van der Waals surface area (Å²) in [6.07, 6.45) is 1.63. The van der Waals surface area contributed by atoms with Crippen molar-refractivity contribution >= 4 is 23.4 Å². The second kappa shape index (κ2) is 6.39. The molecule has 1 N–H and O–H groups in total. The summed E-state index contributed by atoms with van der Waals surface area (Å²) in [6, 6.07) is 12.5. The Balaban J connectivity index is 2.09. The quantitative estimate of drug-likeness (QED) is 0.929. The maximum atomic E-state index is 12.2. The number of nitrogens with zero attached hydrogens (tertiary/aromatic N) is 2. The van der Waals surface area contributed by atoms with Crippen LogP contribution in [0, 0.1) is 0 Å². The van der Waals surface area contributed by atoms with Gasteiger partial charge in [0.2, 0.25) is 0 Å². The molecule has 20 heavy (non-hydrogen) atoms. The number of urea groups is 1. The molecule has 1 atom stereocenters. The number of halogens is 1. The van der Waals surface area contributed by atoms with Gasteiger partial charge in [-0.3, -0.25) is 5.32 Å². The first-order valence-corrected chi connectivity index (χ1v) is 6.66. The standard InChI is InChI=1S/C15H16ClN3O/c1-11(12-7-3-4-8-13(12)16)19(2)15(20)18-14-9-5-6-10-17-14/h3-11H,1-2H3,(H,17,18,20). The average Bonchev–Trinajstić information content (AvgIpc) is 2.47. The molecular weight excluding hydrogens is 274 g/mol. The first-order valence-electron chi connectivity index (χ1n) is 6.29. The molecule has 2 aromatic rings. The minimum Gasteiger partial charge on any atom is -0.321 e. The highest BCUT2D eigenvalue weighted by Gasteiger charge is 2.19. The Bertz CT molecular complexity index is 589. The molecule has 4 nitrogen and oxygen atoms in total. The average molecular weight is 290 g/mol. The number of rotatable bonds is 3. The number of pyridine rings is 1. The Labute approximate surface area is 123 Å². The molecule has 0 fully saturated rings. The molecular formula is C15H16ClN3O. The summed E-state index contributed by atoms with van der Waals surface area (Å²) < 4.78 is 0. The number of aromatic nitrogens is 1. The SMILES string of the molecule is CC(c1ccccc1Cl)N(C)C(=O)Nc1ccccn1. The Morgan fingerprint density at radius 1 is 1.25 bits per heavy atom. The number of nitrogens with one attached hydrogen (secondary N) is 1. The third-order valence-corrected chi connectivity index (χ3v) is 3.50.